The fourth-order valence-corrected chi connectivity index (χ4v) is 4.86. The van der Waals surface area contributed by atoms with Crippen molar-refractivity contribution in [2.75, 3.05) is 19.8 Å². The quantitative estimate of drug-likeness (QED) is 0.322. The Hall–Kier alpha value is -3.22. The van der Waals surface area contributed by atoms with Gasteiger partial charge in [0.15, 0.2) is 11.5 Å². The second-order valence-electron chi connectivity index (χ2n) is 9.23. The summed E-state index contributed by atoms with van der Waals surface area (Å²) in [6.45, 7) is 3.74. The summed E-state index contributed by atoms with van der Waals surface area (Å²) < 4.78 is 11.3. The number of benzene rings is 3. The number of nitrogens with one attached hydrogen (secondary N) is 1. The van der Waals surface area contributed by atoms with Gasteiger partial charge in [0.05, 0.1) is 0 Å². The molecule has 1 atom stereocenters. The number of carbonyl (C=O) groups is 2. The molecule has 1 aliphatic heterocycles. The van der Waals surface area contributed by atoms with Crippen LogP contribution in [0.1, 0.15) is 36.5 Å². The third-order valence-electron chi connectivity index (χ3n) is 6.41. The molecular weight excluding hydrogens is 523 g/mol. The average molecular weight is 556 g/mol. The Morgan fingerprint density at radius 3 is 2.45 bits per heavy atom. The van der Waals surface area contributed by atoms with Crippen LogP contribution in [0, 0.1) is 0 Å². The summed E-state index contributed by atoms with van der Waals surface area (Å²) in [5.74, 6) is 1.07. The Morgan fingerprint density at radius 1 is 0.947 bits per heavy atom. The molecule has 0 unspecified atom stereocenters. The molecule has 0 radical (unpaired) electrons. The zero-order valence-corrected chi connectivity index (χ0v) is 22.9. The van der Waals surface area contributed by atoms with Crippen molar-refractivity contribution < 1.29 is 19.1 Å². The third-order valence-corrected chi connectivity index (χ3v) is 7.00. The molecule has 0 aromatic heterocycles. The van der Waals surface area contributed by atoms with Crippen LogP contribution in [0.15, 0.2) is 66.7 Å². The van der Waals surface area contributed by atoms with Crippen LogP contribution in [0.3, 0.4) is 0 Å². The van der Waals surface area contributed by atoms with Crippen LogP contribution in [0.4, 0.5) is 0 Å². The highest BCUT2D eigenvalue weighted by atomic mass is 35.5. The van der Waals surface area contributed by atoms with Crippen molar-refractivity contribution in [2.45, 2.75) is 45.2 Å². The van der Waals surface area contributed by atoms with E-state index in [-0.39, 0.29) is 24.8 Å². The normalized spacial score (nSPS) is 13.0. The van der Waals surface area contributed by atoms with Gasteiger partial charge in [-0.3, -0.25) is 9.59 Å². The van der Waals surface area contributed by atoms with E-state index in [0.717, 1.165) is 23.1 Å². The molecule has 3 aromatic rings. The van der Waals surface area contributed by atoms with E-state index in [1.54, 1.807) is 23.1 Å². The summed E-state index contributed by atoms with van der Waals surface area (Å²) in [6.07, 6.45) is 1.90. The van der Waals surface area contributed by atoms with Gasteiger partial charge in [-0.2, -0.15) is 0 Å². The molecule has 200 valence electrons. The number of amides is 2. The molecule has 0 aliphatic carbocycles. The smallest absolute Gasteiger partial charge is 0.243 e. The second-order valence-corrected chi connectivity index (χ2v) is 10.1. The van der Waals surface area contributed by atoms with Gasteiger partial charge >= 0.3 is 0 Å². The maximum absolute atomic E-state index is 13.8. The first kappa shape index (κ1) is 27.8. The Balaban J connectivity index is 1.60. The fraction of sp³-hybridized carbons (Fsp3) is 0.333. The van der Waals surface area contributed by atoms with Gasteiger partial charge in [0, 0.05) is 36.0 Å². The minimum Gasteiger partial charge on any atom is -0.486 e. The standard InChI is InChI=1S/C30H32Cl2N2O4/c1-2-14-33-30(36)26(17-21-6-4-3-5-7-21)34(20-23-10-11-24(31)19-25(23)32)29(35)13-9-22-8-12-27-28(18-22)38-16-15-37-27/h3-8,10-12,18-19,26H,2,9,13-17,20H2,1H3,(H,33,36)/t26-/m0/s1. The van der Waals surface area contributed by atoms with Gasteiger partial charge in [-0.25, -0.2) is 0 Å². The molecule has 8 heteroatoms. The molecule has 38 heavy (non-hydrogen) atoms. The van der Waals surface area contributed by atoms with Crippen LogP contribution >= 0.6 is 23.2 Å². The van der Waals surface area contributed by atoms with Crippen molar-refractivity contribution in [2.24, 2.45) is 0 Å². The van der Waals surface area contributed by atoms with E-state index < -0.39 is 6.04 Å². The summed E-state index contributed by atoms with van der Waals surface area (Å²) in [5, 5.41) is 3.95. The van der Waals surface area contributed by atoms with E-state index in [1.807, 2.05) is 55.5 Å². The molecule has 0 spiro atoms. The van der Waals surface area contributed by atoms with E-state index in [0.29, 0.717) is 54.1 Å². The number of carbonyl (C=O) groups excluding carboxylic acids is 2. The third kappa shape index (κ3) is 7.42. The average Bonchev–Trinajstić information content (AvgIpc) is 2.93. The molecule has 1 heterocycles. The summed E-state index contributed by atoms with van der Waals surface area (Å²) in [7, 11) is 0. The number of nitrogens with zero attached hydrogens (tertiary/aromatic N) is 1. The highest BCUT2D eigenvalue weighted by Crippen LogP contribution is 2.31. The van der Waals surface area contributed by atoms with Gasteiger partial charge in [-0.15, -0.1) is 0 Å². The van der Waals surface area contributed by atoms with Gasteiger partial charge in [0.1, 0.15) is 19.3 Å². The van der Waals surface area contributed by atoms with Crippen molar-refractivity contribution in [1.82, 2.24) is 10.2 Å². The second kappa shape index (κ2) is 13.5. The van der Waals surface area contributed by atoms with Crippen molar-refractivity contribution >= 4 is 35.0 Å². The van der Waals surface area contributed by atoms with Crippen molar-refractivity contribution in [3.8, 4) is 11.5 Å². The van der Waals surface area contributed by atoms with E-state index >= 15 is 0 Å². The van der Waals surface area contributed by atoms with Gasteiger partial charge in [-0.1, -0.05) is 72.6 Å². The van der Waals surface area contributed by atoms with Crippen LogP contribution in [-0.2, 0) is 29.0 Å². The molecule has 2 amide bonds. The van der Waals surface area contributed by atoms with Crippen molar-refractivity contribution in [1.29, 1.82) is 0 Å². The lowest BCUT2D eigenvalue weighted by atomic mass is 10.0. The minimum atomic E-state index is -0.705. The molecular formula is C30H32Cl2N2O4. The number of hydrogen-bond donors (Lipinski definition) is 1. The van der Waals surface area contributed by atoms with Crippen molar-refractivity contribution in [3.63, 3.8) is 0 Å². The molecule has 1 aliphatic rings. The SMILES string of the molecule is CCCNC(=O)[C@H](Cc1ccccc1)N(Cc1ccc(Cl)cc1Cl)C(=O)CCc1ccc2c(c1)OCCO2. The lowest BCUT2D eigenvalue weighted by Gasteiger charge is -2.32. The number of hydrogen-bond acceptors (Lipinski definition) is 4. The zero-order valence-electron chi connectivity index (χ0n) is 21.4. The largest absolute Gasteiger partial charge is 0.486 e. The number of halogens is 2. The predicted octanol–water partition coefficient (Wildman–Crippen LogP) is 5.86. The molecule has 6 nitrogen and oxygen atoms in total. The Morgan fingerprint density at radius 2 is 1.71 bits per heavy atom. The first-order chi connectivity index (χ1) is 18.4. The summed E-state index contributed by atoms with van der Waals surface area (Å²) in [6, 6.07) is 19.9. The molecule has 0 saturated carbocycles. The van der Waals surface area contributed by atoms with Gasteiger partial charge in [0.2, 0.25) is 11.8 Å². The Labute approximate surface area is 233 Å². The number of fused-ring (bicyclic) bond motifs is 1. The van der Waals surface area contributed by atoms with Gasteiger partial charge in [-0.05, 0) is 53.8 Å². The highest BCUT2D eigenvalue weighted by Gasteiger charge is 2.30. The van der Waals surface area contributed by atoms with Crippen LogP contribution < -0.4 is 14.8 Å². The van der Waals surface area contributed by atoms with Gasteiger partial charge < -0.3 is 19.7 Å². The topological polar surface area (TPSA) is 67.9 Å². The van der Waals surface area contributed by atoms with Crippen LogP contribution in [-0.4, -0.2) is 42.5 Å². The van der Waals surface area contributed by atoms with E-state index in [1.165, 1.54) is 0 Å². The highest BCUT2D eigenvalue weighted by molar-refractivity contribution is 6.35. The maximum atomic E-state index is 13.8. The van der Waals surface area contributed by atoms with Gasteiger partial charge in [0.25, 0.3) is 0 Å². The molecule has 0 fully saturated rings. The van der Waals surface area contributed by atoms with E-state index in [2.05, 4.69) is 5.32 Å². The fourth-order valence-electron chi connectivity index (χ4n) is 4.39. The number of rotatable bonds is 11. The Bertz CT molecular complexity index is 1250. The molecule has 1 N–H and O–H groups in total. The van der Waals surface area contributed by atoms with Crippen LogP contribution in [0.2, 0.25) is 10.0 Å². The molecule has 3 aromatic carbocycles. The van der Waals surface area contributed by atoms with Crippen LogP contribution in [0.5, 0.6) is 11.5 Å². The van der Waals surface area contributed by atoms with Crippen LogP contribution in [0.25, 0.3) is 0 Å². The lowest BCUT2D eigenvalue weighted by Crippen LogP contribution is -2.50. The summed E-state index contributed by atoms with van der Waals surface area (Å²) >= 11 is 12.6. The lowest BCUT2D eigenvalue weighted by molar-refractivity contribution is -0.141. The molecule has 4 rings (SSSR count). The molecule has 0 saturated heterocycles. The molecule has 0 bridgehead atoms. The number of aryl methyl sites for hydroxylation is 1. The number of ether oxygens (including phenoxy) is 2. The summed E-state index contributed by atoms with van der Waals surface area (Å²) in [4.78, 5) is 28.9. The van der Waals surface area contributed by atoms with E-state index in [9.17, 15) is 9.59 Å². The summed E-state index contributed by atoms with van der Waals surface area (Å²) in [5.41, 5.74) is 2.66. The first-order valence-corrected chi connectivity index (χ1v) is 13.6. The Kier molecular flexibility index (Phi) is 9.91. The monoisotopic (exact) mass is 554 g/mol. The first-order valence-electron chi connectivity index (χ1n) is 12.9. The van der Waals surface area contributed by atoms with Crippen molar-refractivity contribution in [3.05, 3.63) is 93.5 Å². The minimum absolute atomic E-state index is 0.140. The maximum Gasteiger partial charge on any atom is 0.243 e. The zero-order chi connectivity index (χ0) is 26.9. The predicted molar refractivity (Wildman–Crippen MR) is 150 cm³/mol. The van der Waals surface area contributed by atoms with E-state index in [4.69, 9.17) is 32.7 Å².